The van der Waals surface area contributed by atoms with Crippen LogP contribution < -0.4 is 5.32 Å². The Bertz CT molecular complexity index is 1130. The fraction of sp³-hybridized carbons (Fsp3) is 0.875. The van der Waals surface area contributed by atoms with Crippen LogP contribution in [0.1, 0.15) is 335 Å². The summed E-state index contributed by atoms with van der Waals surface area (Å²) in [6.07, 6.45) is 74.3. The van der Waals surface area contributed by atoms with E-state index in [4.69, 9.17) is 4.74 Å². The number of unbranched alkanes of at least 4 members (excludes halogenated alkanes) is 41. The molecule has 0 aromatic heterocycles. The van der Waals surface area contributed by atoms with Crippen LogP contribution >= 0.6 is 0 Å². The molecule has 0 aliphatic carbocycles. The van der Waals surface area contributed by atoms with E-state index < -0.39 is 12.1 Å². The zero-order valence-electron chi connectivity index (χ0n) is 47.0. The fourth-order valence-corrected chi connectivity index (χ4v) is 9.61. The van der Waals surface area contributed by atoms with Crippen molar-refractivity contribution >= 4 is 11.9 Å². The predicted octanol–water partition coefficient (Wildman–Crippen LogP) is 19.6. The van der Waals surface area contributed by atoms with E-state index in [1.807, 2.05) is 0 Å². The van der Waals surface area contributed by atoms with Gasteiger partial charge in [-0.15, -0.1) is 0 Å². The summed E-state index contributed by atoms with van der Waals surface area (Å²) in [7, 11) is 0. The Morgan fingerprint density at radius 1 is 0.400 bits per heavy atom. The summed E-state index contributed by atoms with van der Waals surface area (Å²) in [6, 6.07) is -0.547. The first kappa shape index (κ1) is 68.1. The van der Waals surface area contributed by atoms with Gasteiger partial charge in [-0.05, 0) is 83.5 Å². The number of amides is 1. The van der Waals surface area contributed by atoms with Crippen molar-refractivity contribution in [3.8, 4) is 0 Å². The highest BCUT2D eigenvalue weighted by Crippen LogP contribution is 2.17. The molecule has 2 atom stereocenters. The molecule has 0 bridgehead atoms. The quantitative estimate of drug-likeness (QED) is 0.0321. The number of hydrogen-bond donors (Lipinski definition) is 3. The molecule has 6 heteroatoms. The molecule has 0 saturated carbocycles. The van der Waals surface area contributed by atoms with Crippen molar-refractivity contribution in [1.82, 2.24) is 5.32 Å². The molecule has 0 spiro atoms. The van der Waals surface area contributed by atoms with Gasteiger partial charge in [-0.2, -0.15) is 0 Å². The average molecular weight is 985 g/mol. The first-order chi connectivity index (χ1) is 34.5. The number of rotatable bonds is 58. The lowest BCUT2D eigenvalue weighted by Gasteiger charge is -2.22. The van der Waals surface area contributed by atoms with Crippen LogP contribution in [0.4, 0.5) is 0 Å². The van der Waals surface area contributed by atoms with Gasteiger partial charge in [0.25, 0.3) is 0 Å². The predicted molar refractivity (Wildman–Crippen MR) is 306 cm³/mol. The fourth-order valence-electron chi connectivity index (χ4n) is 9.61. The lowest BCUT2D eigenvalue weighted by molar-refractivity contribution is -0.143. The molecule has 0 aliphatic rings. The molecule has 3 N–H and O–H groups in total. The molecule has 0 saturated heterocycles. The molecule has 1 amide bonds. The van der Waals surface area contributed by atoms with Crippen LogP contribution in [0.2, 0.25) is 0 Å². The highest BCUT2D eigenvalue weighted by Gasteiger charge is 2.20. The number of aliphatic hydroxyl groups is 2. The van der Waals surface area contributed by atoms with Crippen LogP contribution in [0.15, 0.2) is 36.5 Å². The number of nitrogens with one attached hydrogen (secondary N) is 1. The second-order valence-electron chi connectivity index (χ2n) is 21.4. The van der Waals surface area contributed by atoms with Crippen LogP contribution in [0.3, 0.4) is 0 Å². The summed E-state index contributed by atoms with van der Waals surface area (Å²) >= 11 is 0. The topological polar surface area (TPSA) is 95.9 Å². The van der Waals surface area contributed by atoms with E-state index in [9.17, 15) is 19.8 Å². The second kappa shape index (κ2) is 59.6. The molecule has 2 unspecified atom stereocenters. The Morgan fingerprint density at radius 2 is 0.714 bits per heavy atom. The third kappa shape index (κ3) is 55.4. The molecule has 0 radical (unpaired) electrons. The maximum atomic E-state index is 12.5. The van der Waals surface area contributed by atoms with E-state index in [0.29, 0.717) is 25.9 Å². The standard InChI is InChI=1S/C64H121NO5/c1-3-5-7-9-11-13-15-17-19-25-30-34-38-42-46-50-54-58-64(69)70-59-55-51-47-43-39-35-31-27-24-22-20-21-23-26-29-33-37-41-45-49-53-57-63(68)65-61(60-66)62(67)56-52-48-44-40-36-32-28-18-16-14-12-10-8-6-4-2/h11,13,17,19,21,23,61-62,66-67H,3-10,12,14-16,18,20,22,24-60H2,1-2H3,(H,65,68)/b13-11-,19-17-,23-21-. The van der Waals surface area contributed by atoms with E-state index in [0.717, 1.165) is 51.4 Å². The first-order valence-electron chi connectivity index (χ1n) is 31.2. The van der Waals surface area contributed by atoms with Gasteiger partial charge in [0.05, 0.1) is 25.4 Å². The molecule has 0 aromatic rings. The van der Waals surface area contributed by atoms with Gasteiger partial charge >= 0.3 is 5.97 Å². The van der Waals surface area contributed by atoms with Gasteiger partial charge in [-0.1, -0.05) is 275 Å². The Kier molecular flexibility index (Phi) is 58.0. The summed E-state index contributed by atoms with van der Waals surface area (Å²) in [5.41, 5.74) is 0. The van der Waals surface area contributed by atoms with Gasteiger partial charge < -0.3 is 20.3 Å². The minimum absolute atomic E-state index is 0.000605. The summed E-state index contributed by atoms with van der Waals surface area (Å²) in [5, 5.41) is 23.3. The van der Waals surface area contributed by atoms with Crippen molar-refractivity contribution in [1.29, 1.82) is 0 Å². The molecule has 70 heavy (non-hydrogen) atoms. The molecule has 0 fully saturated rings. The van der Waals surface area contributed by atoms with Gasteiger partial charge in [0.2, 0.25) is 5.91 Å². The van der Waals surface area contributed by atoms with Crippen LogP contribution in [0.5, 0.6) is 0 Å². The smallest absolute Gasteiger partial charge is 0.305 e. The first-order valence-corrected chi connectivity index (χ1v) is 31.2. The van der Waals surface area contributed by atoms with Gasteiger partial charge in [-0.25, -0.2) is 0 Å². The third-order valence-corrected chi connectivity index (χ3v) is 14.4. The SMILES string of the molecule is CCCCC/C=C\C/C=C\CCCCCCCCCC(=O)OCCCCCCCCCCCC/C=C\CCCCCCCCCC(=O)NC(CO)C(O)CCCCCCCCCCCCCCCCC. The number of esters is 1. The summed E-state index contributed by atoms with van der Waals surface area (Å²) in [4.78, 5) is 24.6. The van der Waals surface area contributed by atoms with Crippen molar-refractivity contribution in [2.24, 2.45) is 0 Å². The largest absolute Gasteiger partial charge is 0.466 e. The van der Waals surface area contributed by atoms with Crippen LogP contribution in [0.25, 0.3) is 0 Å². The summed E-state index contributed by atoms with van der Waals surface area (Å²) < 4.78 is 5.49. The number of carbonyl (C=O) groups excluding carboxylic acids is 2. The Morgan fingerprint density at radius 3 is 1.13 bits per heavy atom. The third-order valence-electron chi connectivity index (χ3n) is 14.4. The number of ether oxygens (including phenoxy) is 1. The van der Waals surface area contributed by atoms with Crippen molar-refractivity contribution in [2.45, 2.75) is 347 Å². The number of carbonyl (C=O) groups is 2. The van der Waals surface area contributed by atoms with Crippen LogP contribution in [-0.4, -0.2) is 47.4 Å². The van der Waals surface area contributed by atoms with Crippen molar-refractivity contribution in [2.75, 3.05) is 13.2 Å². The minimum atomic E-state index is -0.669. The molecule has 0 heterocycles. The molecule has 6 nitrogen and oxygen atoms in total. The van der Waals surface area contributed by atoms with Crippen molar-refractivity contribution < 1.29 is 24.5 Å². The van der Waals surface area contributed by atoms with Crippen molar-refractivity contribution in [3.63, 3.8) is 0 Å². The van der Waals surface area contributed by atoms with Gasteiger partial charge in [-0.3, -0.25) is 9.59 Å². The second-order valence-corrected chi connectivity index (χ2v) is 21.4. The van der Waals surface area contributed by atoms with Crippen molar-refractivity contribution in [3.05, 3.63) is 36.5 Å². The van der Waals surface area contributed by atoms with E-state index in [-0.39, 0.29) is 18.5 Å². The van der Waals surface area contributed by atoms with Gasteiger partial charge in [0.1, 0.15) is 0 Å². The molecule has 0 aromatic carbocycles. The molecule has 0 rings (SSSR count). The minimum Gasteiger partial charge on any atom is -0.466 e. The molecule has 412 valence electrons. The molecular formula is C64H121NO5. The monoisotopic (exact) mass is 984 g/mol. The Hall–Kier alpha value is -1.92. The van der Waals surface area contributed by atoms with E-state index in [1.54, 1.807) is 0 Å². The Balaban J connectivity index is 3.42. The van der Waals surface area contributed by atoms with E-state index in [2.05, 4.69) is 55.6 Å². The van der Waals surface area contributed by atoms with E-state index >= 15 is 0 Å². The van der Waals surface area contributed by atoms with Gasteiger partial charge in [0.15, 0.2) is 0 Å². The van der Waals surface area contributed by atoms with Gasteiger partial charge in [0, 0.05) is 12.8 Å². The number of allylic oxidation sites excluding steroid dienone is 6. The van der Waals surface area contributed by atoms with Crippen LogP contribution in [-0.2, 0) is 14.3 Å². The molecular weight excluding hydrogens is 863 g/mol. The lowest BCUT2D eigenvalue weighted by atomic mass is 10.0. The highest BCUT2D eigenvalue weighted by atomic mass is 16.5. The van der Waals surface area contributed by atoms with Crippen LogP contribution in [0, 0.1) is 0 Å². The summed E-state index contributed by atoms with van der Waals surface area (Å²) in [5.74, 6) is -0.0410. The number of aliphatic hydroxyl groups excluding tert-OH is 2. The van der Waals surface area contributed by atoms with E-state index in [1.165, 1.54) is 250 Å². The Labute approximate surface area is 436 Å². The zero-order chi connectivity index (χ0) is 50.7. The number of hydrogen-bond acceptors (Lipinski definition) is 5. The highest BCUT2D eigenvalue weighted by molar-refractivity contribution is 5.76. The average Bonchev–Trinajstić information content (AvgIpc) is 3.36. The lowest BCUT2D eigenvalue weighted by Crippen LogP contribution is -2.45. The normalized spacial score (nSPS) is 12.8. The maximum absolute atomic E-state index is 12.5. The summed E-state index contributed by atoms with van der Waals surface area (Å²) in [6.45, 7) is 4.93. The zero-order valence-corrected chi connectivity index (χ0v) is 47.0. The maximum Gasteiger partial charge on any atom is 0.305 e. The molecule has 0 aliphatic heterocycles.